The van der Waals surface area contributed by atoms with Crippen LogP contribution in [0.4, 0.5) is 0 Å². The van der Waals surface area contributed by atoms with Gasteiger partial charge in [0.2, 0.25) is 5.91 Å². The van der Waals surface area contributed by atoms with Gasteiger partial charge >= 0.3 is 0 Å². The molecule has 0 atom stereocenters. The maximum atomic E-state index is 11.5. The Balaban J connectivity index is 1.31. The predicted octanol–water partition coefficient (Wildman–Crippen LogP) is 2.95. The van der Waals surface area contributed by atoms with Crippen molar-refractivity contribution >= 4 is 21.8 Å². The molecule has 2 saturated carbocycles. The summed E-state index contributed by atoms with van der Waals surface area (Å²) in [5, 5.41) is 6.50. The summed E-state index contributed by atoms with van der Waals surface area (Å²) in [5.74, 6) is 0.879. The number of amides is 1. The largest absolute Gasteiger partial charge is 0.353 e. The van der Waals surface area contributed by atoms with Crippen molar-refractivity contribution in [3.63, 3.8) is 0 Å². The molecule has 108 valence electrons. The van der Waals surface area contributed by atoms with E-state index in [1.165, 1.54) is 18.4 Å². The summed E-state index contributed by atoms with van der Waals surface area (Å²) in [6.07, 6.45) is 5.31. The molecule has 0 saturated heterocycles. The minimum Gasteiger partial charge on any atom is -0.353 e. The molecule has 2 fully saturated rings. The van der Waals surface area contributed by atoms with Crippen molar-refractivity contribution in [2.75, 3.05) is 6.54 Å². The van der Waals surface area contributed by atoms with E-state index in [-0.39, 0.29) is 5.91 Å². The Kier molecular flexibility index (Phi) is 4.41. The predicted molar refractivity (Wildman–Crippen MR) is 83.7 cm³/mol. The van der Waals surface area contributed by atoms with Crippen LogP contribution < -0.4 is 10.6 Å². The molecule has 3 nitrogen and oxygen atoms in total. The number of benzene rings is 1. The Morgan fingerprint density at radius 1 is 1.15 bits per heavy atom. The lowest BCUT2D eigenvalue weighted by molar-refractivity contribution is -0.121. The fourth-order valence-electron chi connectivity index (χ4n) is 2.71. The van der Waals surface area contributed by atoms with Crippen LogP contribution in [0.5, 0.6) is 0 Å². The zero-order chi connectivity index (χ0) is 13.9. The molecule has 1 amide bonds. The van der Waals surface area contributed by atoms with Crippen LogP contribution in [0.25, 0.3) is 0 Å². The normalized spacial score (nSPS) is 25.1. The van der Waals surface area contributed by atoms with E-state index in [1.807, 2.05) is 0 Å². The number of rotatable bonds is 6. The highest BCUT2D eigenvalue weighted by molar-refractivity contribution is 9.10. The molecule has 0 aromatic heterocycles. The third-order valence-electron chi connectivity index (χ3n) is 4.21. The van der Waals surface area contributed by atoms with Gasteiger partial charge in [-0.05, 0) is 49.3 Å². The summed E-state index contributed by atoms with van der Waals surface area (Å²) in [7, 11) is 0. The van der Waals surface area contributed by atoms with Gasteiger partial charge in [-0.2, -0.15) is 0 Å². The summed E-state index contributed by atoms with van der Waals surface area (Å²) in [6, 6.07) is 9.68. The number of carbonyl (C=O) groups is 1. The number of carbonyl (C=O) groups excluding carboxylic acids is 1. The number of nitrogens with one attached hydrogen (secondary N) is 2. The third kappa shape index (κ3) is 3.83. The molecular formula is C16H21BrN2O. The topological polar surface area (TPSA) is 41.1 Å². The van der Waals surface area contributed by atoms with Crippen LogP contribution in [0.3, 0.4) is 0 Å². The van der Waals surface area contributed by atoms with Crippen LogP contribution in [0.2, 0.25) is 0 Å². The van der Waals surface area contributed by atoms with E-state index in [0.29, 0.717) is 24.4 Å². The first-order chi connectivity index (χ1) is 9.70. The first-order valence-electron chi connectivity index (χ1n) is 7.49. The highest BCUT2D eigenvalue weighted by Crippen LogP contribution is 2.37. The molecule has 1 aromatic carbocycles. The van der Waals surface area contributed by atoms with Crippen LogP contribution in [0.15, 0.2) is 28.7 Å². The van der Waals surface area contributed by atoms with E-state index in [1.54, 1.807) is 0 Å². The summed E-state index contributed by atoms with van der Waals surface area (Å²) in [5.41, 5.74) is 1.43. The Morgan fingerprint density at radius 3 is 2.50 bits per heavy atom. The van der Waals surface area contributed by atoms with E-state index in [9.17, 15) is 4.79 Å². The fraction of sp³-hybridized carbons (Fsp3) is 0.562. The molecule has 1 aromatic rings. The summed E-state index contributed by atoms with van der Waals surface area (Å²) in [4.78, 5) is 11.5. The fourth-order valence-corrected chi connectivity index (χ4v) is 2.97. The lowest BCUT2D eigenvalue weighted by Gasteiger charge is -2.36. The monoisotopic (exact) mass is 336 g/mol. The minimum absolute atomic E-state index is 0.198. The van der Waals surface area contributed by atoms with Gasteiger partial charge in [0.1, 0.15) is 0 Å². The molecule has 0 heterocycles. The molecule has 4 heteroatoms. The zero-order valence-corrected chi connectivity index (χ0v) is 13.2. The smallest absolute Gasteiger partial charge is 0.221 e. The summed E-state index contributed by atoms with van der Waals surface area (Å²) in [6.45, 7) is 0.802. The Labute approximate surface area is 128 Å². The van der Waals surface area contributed by atoms with Crippen molar-refractivity contribution in [3.8, 4) is 0 Å². The van der Waals surface area contributed by atoms with Crippen LogP contribution in [0, 0.1) is 0 Å². The highest BCUT2D eigenvalue weighted by Gasteiger charge is 2.30. The lowest BCUT2D eigenvalue weighted by Crippen LogP contribution is -2.41. The molecular weight excluding hydrogens is 316 g/mol. The Hall–Kier alpha value is -0.870. The van der Waals surface area contributed by atoms with E-state index in [4.69, 9.17) is 0 Å². The molecule has 3 rings (SSSR count). The van der Waals surface area contributed by atoms with Crippen molar-refractivity contribution in [3.05, 3.63) is 34.3 Å². The third-order valence-corrected chi connectivity index (χ3v) is 4.74. The molecule has 0 unspecified atom stereocenters. The van der Waals surface area contributed by atoms with Crippen LogP contribution in [-0.2, 0) is 4.79 Å². The maximum absolute atomic E-state index is 11.5. The van der Waals surface area contributed by atoms with Crippen molar-refractivity contribution in [1.29, 1.82) is 0 Å². The zero-order valence-electron chi connectivity index (χ0n) is 11.6. The van der Waals surface area contributed by atoms with Gasteiger partial charge in [-0.1, -0.05) is 28.1 Å². The van der Waals surface area contributed by atoms with Crippen LogP contribution >= 0.6 is 15.9 Å². The average molecular weight is 337 g/mol. The molecule has 0 radical (unpaired) electrons. The second-order valence-electron chi connectivity index (χ2n) is 5.96. The van der Waals surface area contributed by atoms with Crippen molar-refractivity contribution in [2.45, 2.75) is 50.1 Å². The van der Waals surface area contributed by atoms with E-state index in [2.05, 4.69) is 50.8 Å². The van der Waals surface area contributed by atoms with Gasteiger partial charge in [-0.3, -0.25) is 4.79 Å². The van der Waals surface area contributed by atoms with Gasteiger partial charge in [0.25, 0.3) is 0 Å². The Bertz CT molecular complexity index is 464. The van der Waals surface area contributed by atoms with Crippen molar-refractivity contribution in [1.82, 2.24) is 10.6 Å². The summed E-state index contributed by atoms with van der Waals surface area (Å²) < 4.78 is 1.14. The quantitative estimate of drug-likeness (QED) is 0.838. The second kappa shape index (κ2) is 6.27. The van der Waals surface area contributed by atoms with Gasteiger partial charge in [-0.25, -0.2) is 0 Å². The molecule has 0 spiro atoms. The molecule has 2 N–H and O–H groups in total. The average Bonchev–Trinajstić information content (AvgIpc) is 3.17. The van der Waals surface area contributed by atoms with Gasteiger partial charge < -0.3 is 10.6 Å². The molecule has 0 bridgehead atoms. The van der Waals surface area contributed by atoms with Crippen LogP contribution in [-0.4, -0.2) is 24.5 Å². The highest BCUT2D eigenvalue weighted by atomic mass is 79.9. The SMILES string of the molecule is O=C(CCNC1CC(c2ccc(Br)cc2)C1)NC1CC1. The summed E-state index contributed by atoms with van der Waals surface area (Å²) >= 11 is 3.47. The first kappa shape index (κ1) is 14.1. The second-order valence-corrected chi connectivity index (χ2v) is 6.88. The Morgan fingerprint density at radius 2 is 1.85 bits per heavy atom. The van der Waals surface area contributed by atoms with Gasteiger partial charge in [0, 0.05) is 29.5 Å². The van der Waals surface area contributed by atoms with E-state index in [0.717, 1.165) is 23.9 Å². The van der Waals surface area contributed by atoms with Crippen molar-refractivity contribution < 1.29 is 4.79 Å². The number of hydrogen-bond donors (Lipinski definition) is 2. The minimum atomic E-state index is 0.198. The molecule has 0 aliphatic heterocycles. The first-order valence-corrected chi connectivity index (χ1v) is 8.28. The van der Waals surface area contributed by atoms with Gasteiger partial charge in [0.15, 0.2) is 0 Å². The van der Waals surface area contributed by atoms with Crippen LogP contribution in [0.1, 0.15) is 43.6 Å². The molecule has 2 aliphatic carbocycles. The molecule has 2 aliphatic rings. The molecule has 20 heavy (non-hydrogen) atoms. The maximum Gasteiger partial charge on any atom is 0.221 e. The number of hydrogen-bond acceptors (Lipinski definition) is 2. The van der Waals surface area contributed by atoms with Gasteiger partial charge in [0.05, 0.1) is 0 Å². The lowest BCUT2D eigenvalue weighted by atomic mass is 9.76. The van der Waals surface area contributed by atoms with E-state index < -0.39 is 0 Å². The standard InChI is InChI=1S/C16H21BrN2O/c17-13-3-1-11(2-4-13)12-9-15(10-12)18-8-7-16(20)19-14-5-6-14/h1-4,12,14-15,18H,5-10H2,(H,19,20). The van der Waals surface area contributed by atoms with Gasteiger partial charge in [-0.15, -0.1) is 0 Å². The number of halogens is 1. The van der Waals surface area contributed by atoms with E-state index >= 15 is 0 Å². The van der Waals surface area contributed by atoms with Crippen molar-refractivity contribution in [2.24, 2.45) is 0 Å².